The monoisotopic (exact) mass is 376 g/mol. The van der Waals surface area contributed by atoms with Gasteiger partial charge >= 0.3 is 0 Å². The second kappa shape index (κ2) is 9.36. The van der Waals surface area contributed by atoms with Crippen LogP contribution in [0.15, 0.2) is 35.6 Å². The van der Waals surface area contributed by atoms with Gasteiger partial charge in [-0.2, -0.15) is 5.10 Å². The predicted molar refractivity (Wildman–Crippen MR) is 106 cm³/mol. The van der Waals surface area contributed by atoms with Crippen molar-refractivity contribution in [3.63, 3.8) is 0 Å². The molecule has 148 valence electrons. The van der Waals surface area contributed by atoms with E-state index in [1.54, 1.807) is 17.8 Å². The quantitative estimate of drug-likeness (QED) is 0.572. The van der Waals surface area contributed by atoms with Gasteiger partial charge in [0.05, 0.1) is 25.4 Å². The molecule has 8 heteroatoms. The van der Waals surface area contributed by atoms with E-state index in [2.05, 4.69) is 25.6 Å². The standard InChI is InChI=1S/C19H29FN6O/c1-13(14-7-8-18(27-6)16(20)9-14)24-19(21-2)22-11-17(25(3)4)15-10-23-26(5)12-15/h7-10,12-13,17H,11H2,1-6H3,(H2,21,22,24). The molecule has 2 rings (SSSR count). The maximum atomic E-state index is 14.0. The number of guanidine groups is 1. The highest BCUT2D eigenvalue weighted by Crippen LogP contribution is 2.21. The zero-order valence-corrected chi connectivity index (χ0v) is 16.8. The van der Waals surface area contributed by atoms with Crippen LogP contribution in [0.3, 0.4) is 0 Å². The molecular formula is C19H29FN6O. The van der Waals surface area contributed by atoms with Gasteiger partial charge in [0.2, 0.25) is 0 Å². The summed E-state index contributed by atoms with van der Waals surface area (Å²) in [6, 6.07) is 4.97. The minimum absolute atomic E-state index is 0.118. The van der Waals surface area contributed by atoms with E-state index < -0.39 is 0 Å². The number of nitrogens with zero attached hydrogens (tertiary/aromatic N) is 4. The molecule has 1 aromatic carbocycles. The fourth-order valence-electron chi connectivity index (χ4n) is 2.84. The van der Waals surface area contributed by atoms with Crippen molar-refractivity contribution in [2.24, 2.45) is 12.0 Å². The molecule has 2 aromatic rings. The lowest BCUT2D eigenvalue weighted by molar-refractivity contribution is 0.298. The third-order valence-corrected chi connectivity index (χ3v) is 4.45. The van der Waals surface area contributed by atoms with Crippen LogP contribution in [0.2, 0.25) is 0 Å². The maximum Gasteiger partial charge on any atom is 0.191 e. The van der Waals surface area contributed by atoms with Gasteiger partial charge in [0.25, 0.3) is 0 Å². The lowest BCUT2D eigenvalue weighted by atomic mass is 10.1. The van der Waals surface area contributed by atoms with E-state index in [1.807, 2.05) is 46.5 Å². The number of rotatable bonds is 7. The average Bonchev–Trinajstić information content (AvgIpc) is 3.06. The highest BCUT2D eigenvalue weighted by atomic mass is 19.1. The number of aryl methyl sites for hydroxylation is 1. The topological polar surface area (TPSA) is 66.7 Å². The van der Waals surface area contributed by atoms with E-state index in [0.29, 0.717) is 12.5 Å². The fourth-order valence-corrected chi connectivity index (χ4v) is 2.84. The lowest BCUT2D eigenvalue weighted by Crippen LogP contribution is -2.42. The summed E-state index contributed by atoms with van der Waals surface area (Å²) >= 11 is 0. The number of ether oxygens (including phenoxy) is 1. The number of aliphatic imine (C=N–C) groups is 1. The van der Waals surface area contributed by atoms with Crippen molar-refractivity contribution in [1.29, 1.82) is 0 Å². The number of nitrogens with one attached hydrogen (secondary N) is 2. The van der Waals surface area contributed by atoms with Gasteiger partial charge < -0.3 is 20.3 Å². The summed E-state index contributed by atoms with van der Waals surface area (Å²) in [5.74, 6) is 0.504. The Hall–Kier alpha value is -2.61. The van der Waals surface area contributed by atoms with Crippen LogP contribution >= 0.6 is 0 Å². The molecule has 0 aliphatic heterocycles. The van der Waals surface area contributed by atoms with Crippen molar-refractivity contribution < 1.29 is 9.13 Å². The molecule has 0 fully saturated rings. The Kier molecular flexibility index (Phi) is 7.18. The van der Waals surface area contributed by atoms with Gasteiger partial charge in [0.15, 0.2) is 17.5 Å². The number of hydrogen-bond acceptors (Lipinski definition) is 4. The third kappa shape index (κ3) is 5.43. The van der Waals surface area contributed by atoms with Gasteiger partial charge in [0.1, 0.15) is 0 Å². The van der Waals surface area contributed by atoms with Crippen LogP contribution in [0.25, 0.3) is 0 Å². The van der Waals surface area contributed by atoms with Crippen LogP contribution in [-0.4, -0.2) is 55.4 Å². The van der Waals surface area contributed by atoms with Crippen molar-refractivity contribution in [2.75, 3.05) is 34.8 Å². The van der Waals surface area contributed by atoms with Crippen LogP contribution in [0.5, 0.6) is 5.75 Å². The minimum Gasteiger partial charge on any atom is -0.494 e. The Labute approximate surface area is 160 Å². The molecule has 0 saturated carbocycles. The largest absolute Gasteiger partial charge is 0.494 e. The summed E-state index contributed by atoms with van der Waals surface area (Å²) in [7, 11) is 9.12. The van der Waals surface area contributed by atoms with E-state index in [4.69, 9.17) is 4.74 Å². The number of halogens is 1. The van der Waals surface area contributed by atoms with E-state index in [0.717, 1.165) is 11.1 Å². The Morgan fingerprint density at radius 3 is 2.63 bits per heavy atom. The first-order valence-corrected chi connectivity index (χ1v) is 8.81. The maximum absolute atomic E-state index is 14.0. The summed E-state index contributed by atoms with van der Waals surface area (Å²) in [6.45, 7) is 2.61. The Balaban J connectivity index is 2.01. The molecule has 0 amide bonds. The van der Waals surface area contributed by atoms with Crippen LogP contribution in [0, 0.1) is 5.82 Å². The van der Waals surface area contributed by atoms with Gasteiger partial charge in [-0.05, 0) is 38.7 Å². The first-order chi connectivity index (χ1) is 12.8. The SMILES string of the molecule is CN=C(NCC(c1cnn(C)c1)N(C)C)NC(C)c1ccc(OC)c(F)c1. The molecule has 0 spiro atoms. The molecule has 0 aliphatic rings. The number of benzene rings is 1. The normalized spacial score (nSPS) is 14.1. The second-order valence-corrected chi connectivity index (χ2v) is 6.64. The van der Waals surface area contributed by atoms with Crippen molar-refractivity contribution in [3.05, 3.63) is 47.5 Å². The molecule has 0 aliphatic carbocycles. The van der Waals surface area contributed by atoms with E-state index >= 15 is 0 Å². The molecule has 1 heterocycles. The van der Waals surface area contributed by atoms with Crippen molar-refractivity contribution in [1.82, 2.24) is 25.3 Å². The Morgan fingerprint density at radius 2 is 2.11 bits per heavy atom. The average molecular weight is 376 g/mol. The van der Waals surface area contributed by atoms with Crippen LogP contribution in [0.1, 0.15) is 30.1 Å². The third-order valence-electron chi connectivity index (χ3n) is 4.45. The minimum atomic E-state index is -0.379. The van der Waals surface area contributed by atoms with E-state index in [9.17, 15) is 4.39 Å². The number of methoxy groups -OCH3 is 1. The van der Waals surface area contributed by atoms with Crippen LogP contribution in [-0.2, 0) is 7.05 Å². The first-order valence-electron chi connectivity index (χ1n) is 8.81. The molecule has 7 nitrogen and oxygen atoms in total. The smallest absolute Gasteiger partial charge is 0.191 e. The summed E-state index contributed by atoms with van der Waals surface area (Å²) in [5.41, 5.74) is 1.93. The molecule has 2 atom stereocenters. The van der Waals surface area contributed by atoms with Gasteiger partial charge in [-0.25, -0.2) is 4.39 Å². The summed E-state index contributed by atoms with van der Waals surface area (Å²) in [4.78, 5) is 6.40. The first kappa shape index (κ1) is 20.7. The molecule has 0 radical (unpaired) electrons. The van der Waals surface area contributed by atoms with Crippen LogP contribution in [0.4, 0.5) is 4.39 Å². The number of hydrogen-bond donors (Lipinski definition) is 2. The zero-order valence-electron chi connectivity index (χ0n) is 16.8. The highest BCUT2D eigenvalue weighted by molar-refractivity contribution is 5.80. The van der Waals surface area contributed by atoms with E-state index in [1.165, 1.54) is 13.2 Å². The van der Waals surface area contributed by atoms with Gasteiger partial charge in [-0.15, -0.1) is 0 Å². The zero-order chi connectivity index (χ0) is 20.0. The highest BCUT2D eigenvalue weighted by Gasteiger charge is 2.17. The summed E-state index contributed by atoms with van der Waals surface area (Å²) < 4.78 is 20.7. The number of likely N-dealkylation sites (N-methyl/N-ethyl adjacent to an activating group) is 1. The van der Waals surface area contributed by atoms with Crippen molar-refractivity contribution >= 4 is 5.96 Å². The Bertz CT molecular complexity index is 773. The molecule has 0 bridgehead atoms. The number of aromatic nitrogens is 2. The summed E-state index contributed by atoms with van der Waals surface area (Å²) in [5, 5.41) is 10.9. The molecule has 0 saturated heterocycles. The Morgan fingerprint density at radius 1 is 1.37 bits per heavy atom. The van der Waals surface area contributed by atoms with Gasteiger partial charge in [-0.3, -0.25) is 9.67 Å². The van der Waals surface area contributed by atoms with Gasteiger partial charge in [0, 0.05) is 32.4 Å². The lowest BCUT2D eigenvalue weighted by Gasteiger charge is -2.25. The summed E-state index contributed by atoms with van der Waals surface area (Å²) in [6.07, 6.45) is 3.87. The van der Waals surface area contributed by atoms with Gasteiger partial charge in [-0.1, -0.05) is 6.07 Å². The van der Waals surface area contributed by atoms with E-state index in [-0.39, 0.29) is 23.7 Å². The molecular weight excluding hydrogens is 347 g/mol. The van der Waals surface area contributed by atoms with Crippen molar-refractivity contribution in [2.45, 2.75) is 19.0 Å². The van der Waals surface area contributed by atoms with Crippen molar-refractivity contribution in [3.8, 4) is 5.75 Å². The second-order valence-electron chi connectivity index (χ2n) is 6.64. The predicted octanol–water partition coefficient (Wildman–Crippen LogP) is 2.10. The molecule has 2 N–H and O–H groups in total. The molecule has 27 heavy (non-hydrogen) atoms. The van der Waals surface area contributed by atoms with Crippen LogP contribution < -0.4 is 15.4 Å². The fraction of sp³-hybridized carbons (Fsp3) is 0.474. The molecule has 2 unspecified atom stereocenters. The molecule has 1 aromatic heterocycles.